The van der Waals surface area contributed by atoms with Crippen LogP contribution in [-0.2, 0) is 14.8 Å². The van der Waals surface area contributed by atoms with Crippen LogP contribution in [0.5, 0.6) is 23.1 Å². The Balaban J connectivity index is 1.59. The van der Waals surface area contributed by atoms with Crippen LogP contribution in [0.1, 0.15) is 10.4 Å². The molecule has 4 rings (SSSR count). The van der Waals surface area contributed by atoms with Crippen LogP contribution in [0.4, 0.5) is 14.5 Å². The molecule has 1 aromatic heterocycles. The van der Waals surface area contributed by atoms with Crippen molar-refractivity contribution < 1.29 is 41.0 Å². The van der Waals surface area contributed by atoms with Gasteiger partial charge in [0.25, 0.3) is 11.7 Å². The summed E-state index contributed by atoms with van der Waals surface area (Å²) in [5.41, 5.74) is -0.792. The highest BCUT2D eigenvalue weighted by Gasteiger charge is 2.26. The van der Waals surface area contributed by atoms with Crippen molar-refractivity contribution in [3.8, 4) is 23.1 Å². The minimum absolute atomic E-state index is 0.0610. The van der Waals surface area contributed by atoms with Crippen LogP contribution >= 0.6 is 0 Å². The zero-order valence-electron chi connectivity index (χ0n) is 21.6. The molecule has 1 amide bonds. The van der Waals surface area contributed by atoms with Crippen LogP contribution in [0, 0.1) is 11.6 Å². The lowest BCUT2D eigenvalue weighted by Crippen LogP contribution is -2.25. The van der Waals surface area contributed by atoms with E-state index in [2.05, 4.69) is 15.3 Å². The quantitative estimate of drug-likeness (QED) is 0.235. The first kappa shape index (κ1) is 28.3. The number of nitrogens with one attached hydrogen (secondary N) is 1. The Hall–Kier alpha value is -4.69. The molecule has 0 fully saturated rings. The van der Waals surface area contributed by atoms with E-state index in [1.54, 1.807) is 6.07 Å². The zero-order chi connectivity index (χ0) is 29.2. The van der Waals surface area contributed by atoms with Gasteiger partial charge in [-0.25, -0.2) is 31.5 Å². The monoisotopic (exact) mass is 572 g/mol. The van der Waals surface area contributed by atoms with Gasteiger partial charge in [0.15, 0.2) is 11.5 Å². The number of ether oxygens (including phenoxy) is 3. The fourth-order valence-electron chi connectivity index (χ4n) is 3.62. The molecule has 40 heavy (non-hydrogen) atoms. The van der Waals surface area contributed by atoms with E-state index in [0.717, 1.165) is 22.5 Å². The predicted octanol–water partition coefficient (Wildman–Crippen LogP) is 3.79. The number of hydrogen-bond acceptors (Lipinski definition) is 9. The first-order chi connectivity index (χ1) is 19.0. The summed E-state index contributed by atoms with van der Waals surface area (Å²) < 4.78 is 71.6. The molecule has 0 saturated carbocycles. The summed E-state index contributed by atoms with van der Waals surface area (Å²) in [5, 5.41) is 2.51. The number of hydrogen-bond donors (Lipinski definition) is 1. The van der Waals surface area contributed by atoms with Gasteiger partial charge in [-0.1, -0.05) is 6.07 Å². The first-order valence-electron chi connectivity index (χ1n) is 11.4. The Bertz CT molecular complexity index is 1720. The summed E-state index contributed by atoms with van der Waals surface area (Å²) in [5.74, 6) is -5.31. The van der Waals surface area contributed by atoms with Crippen molar-refractivity contribution in [1.29, 1.82) is 0 Å². The van der Waals surface area contributed by atoms with E-state index in [1.807, 2.05) is 0 Å². The number of amides is 1. The second kappa shape index (κ2) is 11.2. The van der Waals surface area contributed by atoms with Crippen LogP contribution in [0.25, 0.3) is 10.9 Å². The molecule has 0 saturated heterocycles. The number of benzene rings is 3. The number of fused-ring (bicyclic) bond motifs is 1. The molecule has 1 N–H and O–H groups in total. The third-order valence-corrected chi connectivity index (χ3v) is 7.45. The zero-order valence-corrected chi connectivity index (χ0v) is 22.4. The number of anilines is 1. The third kappa shape index (κ3) is 5.53. The van der Waals surface area contributed by atoms with Gasteiger partial charge in [0, 0.05) is 38.0 Å². The summed E-state index contributed by atoms with van der Waals surface area (Å²) in [6.45, 7) is 0. The molecular formula is C26H22F2N4O7S. The summed E-state index contributed by atoms with van der Waals surface area (Å²) >= 11 is 0. The van der Waals surface area contributed by atoms with E-state index in [9.17, 15) is 26.8 Å². The topological polar surface area (TPSA) is 137 Å². The molecule has 0 unspecified atom stereocenters. The number of carbonyl (C=O) groups is 2. The Kier molecular flexibility index (Phi) is 7.93. The summed E-state index contributed by atoms with van der Waals surface area (Å²) in [4.78, 5) is 33.1. The van der Waals surface area contributed by atoms with Crippen LogP contribution in [0.15, 0.2) is 59.8 Å². The molecule has 3 aromatic carbocycles. The molecule has 11 nitrogen and oxygen atoms in total. The molecule has 0 aliphatic heterocycles. The maximum Gasteiger partial charge on any atom is 0.296 e. The average molecular weight is 573 g/mol. The highest BCUT2D eigenvalue weighted by Crippen LogP contribution is 2.36. The van der Waals surface area contributed by atoms with Gasteiger partial charge in [0.05, 0.1) is 35.6 Å². The van der Waals surface area contributed by atoms with Gasteiger partial charge in [-0.2, -0.15) is 0 Å². The molecular weight excluding hydrogens is 550 g/mol. The van der Waals surface area contributed by atoms with Crippen molar-refractivity contribution in [3.63, 3.8) is 0 Å². The predicted molar refractivity (Wildman–Crippen MR) is 139 cm³/mol. The maximum atomic E-state index is 14.9. The molecule has 0 radical (unpaired) electrons. The molecule has 0 bridgehead atoms. The number of nitrogens with zero attached hydrogens (tertiary/aromatic N) is 3. The minimum atomic E-state index is -3.83. The molecule has 0 aliphatic carbocycles. The largest absolute Gasteiger partial charge is 0.493 e. The van der Waals surface area contributed by atoms with Crippen molar-refractivity contribution in [3.05, 3.63) is 72.1 Å². The van der Waals surface area contributed by atoms with Crippen LogP contribution < -0.4 is 19.5 Å². The SMILES string of the molecule is COc1cc2ncnc(Oc3cc(F)c(C(=O)C(=O)Nc4cccc(S(=O)(=O)N(C)C)c4)c(F)c3)c2cc1OC. The standard InChI is InChI=1S/C26H22F2N4O7S/c1-32(2)40(35,36)16-7-5-6-14(8-16)31-25(34)24(33)23-18(27)9-15(10-19(23)28)39-26-17-11-21(37-3)22(38-4)12-20(17)29-13-30-26/h5-13H,1-4H3,(H,31,34). The summed E-state index contributed by atoms with van der Waals surface area (Å²) in [7, 11) is 1.69. The first-order valence-corrected chi connectivity index (χ1v) is 12.8. The number of ketones is 1. The summed E-state index contributed by atoms with van der Waals surface area (Å²) in [6.07, 6.45) is 1.18. The van der Waals surface area contributed by atoms with E-state index in [4.69, 9.17) is 14.2 Å². The Morgan fingerprint density at radius 2 is 1.57 bits per heavy atom. The lowest BCUT2D eigenvalue weighted by Gasteiger charge is -2.13. The normalized spacial score (nSPS) is 11.4. The number of Topliss-reactive ketones (excluding diaryl/α,β-unsaturated/α-hetero) is 1. The number of carbonyl (C=O) groups excluding carboxylic acids is 2. The number of methoxy groups -OCH3 is 2. The number of halogens is 2. The Labute approximate surface area is 227 Å². The minimum Gasteiger partial charge on any atom is -0.493 e. The van der Waals surface area contributed by atoms with Gasteiger partial charge in [0.1, 0.15) is 23.7 Å². The van der Waals surface area contributed by atoms with Crippen molar-refractivity contribution in [2.45, 2.75) is 4.90 Å². The van der Waals surface area contributed by atoms with E-state index in [0.29, 0.717) is 22.4 Å². The van der Waals surface area contributed by atoms with E-state index in [1.165, 1.54) is 58.9 Å². The maximum absolute atomic E-state index is 14.9. The fourth-order valence-corrected chi connectivity index (χ4v) is 4.57. The van der Waals surface area contributed by atoms with Gasteiger partial charge in [-0.05, 0) is 24.3 Å². The van der Waals surface area contributed by atoms with Crippen molar-refractivity contribution in [2.24, 2.45) is 0 Å². The van der Waals surface area contributed by atoms with Crippen molar-refractivity contribution >= 4 is 38.3 Å². The number of rotatable bonds is 9. The molecule has 0 spiro atoms. The van der Waals surface area contributed by atoms with Gasteiger partial charge in [-0.3, -0.25) is 9.59 Å². The molecule has 14 heteroatoms. The average Bonchev–Trinajstić information content (AvgIpc) is 2.92. The van der Waals surface area contributed by atoms with E-state index >= 15 is 0 Å². The van der Waals surface area contributed by atoms with Crippen LogP contribution in [0.3, 0.4) is 0 Å². The molecule has 0 atom stereocenters. The molecule has 4 aromatic rings. The van der Waals surface area contributed by atoms with Crippen LogP contribution in [-0.4, -0.2) is 62.7 Å². The molecule has 1 heterocycles. The Morgan fingerprint density at radius 1 is 0.925 bits per heavy atom. The van der Waals surface area contributed by atoms with Gasteiger partial charge in [-0.15, -0.1) is 0 Å². The number of aromatic nitrogens is 2. The van der Waals surface area contributed by atoms with E-state index < -0.39 is 38.9 Å². The smallest absolute Gasteiger partial charge is 0.296 e. The second-order valence-corrected chi connectivity index (χ2v) is 10.5. The van der Waals surface area contributed by atoms with Gasteiger partial charge in [0.2, 0.25) is 15.9 Å². The van der Waals surface area contributed by atoms with E-state index in [-0.39, 0.29) is 22.2 Å². The Morgan fingerprint density at radius 3 is 2.20 bits per heavy atom. The van der Waals surface area contributed by atoms with Crippen LogP contribution in [0.2, 0.25) is 0 Å². The van der Waals surface area contributed by atoms with Gasteiger partial charge >= 0.3 is 0 Å². The van der Waals surface area contributed by atoms with Crippen molar-refractivity contribution in [1.82, 2.24) is 14.3 Å². The lowest BCUT2D eigenvalue weighted by molar-refractivity contribution is -0.112. The van der Waals surface area contributed by atoms with Gasteiger partial charge < -0.3 is 19.5 Å². The number of sulfonamides is 1. The lowest BCUT2D eigenvalue weighted by atomic mass is 10.1. The fraction of sp³-hybridized carbons (Fsp3) is 0.154. The highest BCUT2D eigenvalue weighted by atomic mass is 32.2. The third-order valence-electron chi connectivity index (χ3n) is 5.64. The van der Waals surface area contributed by atoms with Crippen molar-refractivity contribution in [2.75, 3.05) is 33.6 Å². The highest BCUT2D eigenvalue weighted by molar-refractivity contribution is 7.89. The molecule has 208 valence electrons. The second-order valence-electron chi connectivity index (χ2n) is 8.37. The molecule has 0 aliphatic rings. The summed E-state index contributed by atoms with van der Waals surface area (Å²) in [6, 6.07) is 9.60.